The van der Waals surface area contributed by atoms with E-state index >= 15 is 0 Å². The van der Waals surface area contributed by atoms with Crippen LogP contribution >= 0.6 is 11.6 Å². The smallest absolute Gasteiger partial charge is 0.0806 e. The van der Waals surface area contributed by atoms with Crippen LogP contribution in [0.2, 0.25) is 5.02 Å². The maximum Gasteiger partial charge on any atom is 0.0806 e. The lowest BCUT2D eigenvalue weighted by atomic mass is 10.2. The molecule has 1 aliphatic carbocycles. The van der Waals surface area contributed by atoms with E-state index in [1.807, 2.05) is 0 Å². The van der Waals surface area contributed by atoms with Gasteiger partial charge in [-0.25, -0.2) is 0 Å². The number of anilines is 1. The molecular formula is C13H18ClNOS. The number of halogens is 1. The molecule has 1 atom stereocenters. The topological polar surface area (TPSA) is 43.1 Å². The molecule has 4 heteroatoms. The zero-order valence-corrected chi connectivity index (χ0v) is 11.4. The minimum Gasteiger partial charge on any atom is -0.398 e. The van der Waals surface area contributed by atoms with Crippen molar-refractivity contribution in [1.29, 1.82) is 0 Å². The molecule has 0 aliphatic heterocycles. The van der Waals surface area contributed by atoms with Crippen molar-refractivity contribution in [3.05, 3.63) is 23.2 Å². The van der Waals surface area contributed by atoms with E-state index in [-0.39, 0.29) is 5.25 Å². The molecule has 1 saturated carbocycles. The Morgan fingerprint density at radius 3 is 2.41 bits per heavy atom. The summed E-state index contributed by atoms with van der Waals surface area (Å²) < 4.78 is 12.5. The highest BCUT2D eigenvalue weighted by atomic mass is 35.5. The maximum atomic E-state index is 12.5. The number of nitrogen functional groups attached to an aromatic ring is 1. The monoisotopic (exact) mass is 271 g/mol. The summed E-state index contributed by atoms with van der Waals surface area (Å²) >= 11 is 6.11. The summed E-state index contributed by atoms with van der Waals surface area (Å²) in [6.45, 7) is 0. The molecule has 0 spiro atoms. The summed E-state index contributed by atoms with van der Waals surface area (Å²) in [6.07, 6.45) is 6.90. The van der Waals surface area contributed by atoms with Crippen molar-refractivity contribution in [2.24, 2.45) is 0 Å². The molecule has 1 unspecified atom stereocenters. The van der Waals surface area contributed by atoms with Gasteiger partial charge in [0.15, 0.2) is 0 Å². The van der Waals surface area contributed by atoms with Crippen LogP contribution in [0.1, 0.15) is 38.5 Å². The fraction of sp³-hybridized carbons (Fsp3) is 0.538. The lowest BCUT2D eigenvalue weighted by molar-refractivity contribution is 0.642. The average molecular weight is 272 g/mol. The van der Waals surface area contributed by atoms with Gasteiger partial charge in [0.05, 0.1) is 20.7 Å². The van der Waals surface area contributed by atoms with Gasteiger partial charge in [-0.3, -0.25) is 4.21 Å². The minimum absolute atomic E-state index is 0.222. The zero-order chi connectivity index (χ0) is 12.3. The largest absolute Gasteiger partial charge is 0.398 e. The van der Waals surface area contributed by atoms with Crippen LogP contribution in [-0.2, 0) is 10.8 Å². The molecule has 0 bridgehead atoms. The van der Waals surface area contributed by atoms with Gasteiger partial charge in [-0.2, -0.15) is 0 Å². The van der Waals surface area contributed by atoms with E-state index in [2.05, 4.69) is 0 Å². The van der Waals surface area contributed by atoms with Gasteiger partial charge in [-0.05, 0) is 25.0 Å². The molecule has 1 aromatic carbocycles. The van der Waals surface area contributed by atoms with Crippen molar-refractivity contribution >= 4 is 28.1 Å². The summed E-state index contributed by atoms with van der Waals surface area (Å²) in [5.41, 5.74) is 6.45. The van der Waals surface area contributed by atoms with Crippen LogP contribution in [0.5, 0.6) is 0 Å². The fourth-order valence-electron chi connectivity index (χ4n) is 2.36. The molecule has 0 aromatic heterocycles. The number of hydrogen-bond acceptors (Lipinski definition) is 2. The second kappa shape index (κ2) is 5.87. The van der Waals surface area contributed by atoms with Crippen molar-refractivity contribution in [3.63, 3.8) is 0 Å². The molecule has 0 saturated heterocycles. The molecule has 2 N–H and O–H groups in total. The molecule has 1 aliphatic rings. The third-order valence-corrected chi connectivity index (χ3v) is 5.67. The first kappa shape index (κ1) is 12.9. The van der Waals surface area contributed by atoms with Crippen LogP contribution in [0.15, 0.2) is 23.1 Å². The first-order chi connectivity index (χ1) is 8.20. The molecule has 1 aromatic rings. The number of nitrogens with two attached hydrogens (primary N) is 1. The van der Waals surface area contributed by atoms with Gasteiger partial charge in [0.2, 0.25) is 0 Å². The van der Waals surface area contributed by atoms with E-state index in [0.29, 0.717) is 15.6 Å². The Kier molecular flexibility index (Phi) is 4.46. The maximum absolute atomic E-state index is 12.5. The molecule has 94 valence electrons. The van der Waals surface area contributed by atoms with Crippen molar-refractivity contribution in [3.8, 4) is 0 Å². The summed E-state index contributed by atoms with van der Waals surface area (Å²) in [5.74, 6) is 0. The molecule has 17 heavy (non-hydrogen) atoms. The van der Waals surface area contributed by atoms with Gasteiger partial charge < -0.3 is 5.73 Å². The average Bonchev–Trinajstić information content (AvgIpc) is 2.57. The molecule has 0 radical (unpaired) electrons. The highest BCUT2D eigenvalue weighted by Gasteiger charge is 2.23. The van der Waals surface area contributed by atoms with Crippen molar-refractivity contribution in [2.75, 3.05) is 5.73 Å². The summed E-state index contributed by atoms with van der Waals surface area (Å²) in [5, 5.41) is 0.757. The second-order valence-corrected chi connectivity index (χ2v) is 6.65. The molecule has 0 heterocycles. The Morgan fingerprint density at radius 1 is 1.18 bits per heavy atom. The van der Waals surface area contributed by atoms with Gasteiger partial charge in [-0.15, -0.1) is 0 Å². The van der Waals surface area contributed by atoms with Gasteiger partial charge >= 0.3 is 0 Å². The Bertz CT molecular complexity index is 394. The van der Waals surface area contributed by atoms with Gasteiger partial charge in [0.25, 0.3) is 0 Å². The van der Waals surface area contributed by atoms with Gasteiger partial charge in [0, 0.05) is 10.9 Å². The van der Waals surface area contributed by atoms with Crippen molar-refractivity contribution in [1.82, 2.24) is 0 Å². The van der Waals surface area contributed by atoms with Gasteiger partial charge in [0.1, 0.15) is 0 Å². The summed E-state index contributed by atoms with van der Waals surface area (Å²) in [4.78, 5) is 0.640. The Morgan fingerprint density at radius 2 is 1.82 bits per heavy atom. The van der Waals surface area contributed by atoms with Crippen LogP contribution in [0, 0.1) is 0 Å². The molecule has 0 amide bonds. The van der Waals surface area contributed by atoms with E-state index in [9.17, 15) is 4.21 Å². The van der Waals surface area contributed by atoms with Crippen molar-refractivity contribution < 1.29 is 4.21 Å². The third kappa shape index (κ3) is 3.02. The van der Waals surface area contributed by atoms with Crippen LogP contribution in [0.4, 0.5) is 5.69 Å². The number of benzene rings is 1. The minimum atomic E-state index is -1.06. The third-order valence-electron chi connectivity index (χ3n) is 3.30. The highest BCUT2D eigenvalue weighted by Crippen LogP contribution is 2.32. The Hall–Kier alpha value is -0.540. The molecule has 2 rings (SSSR count). The quantitative estimate of drug-likeness (QED) is 0.658. The number of hydrogen-bond donors (Lipinski definition) is 1. The standard InChI is InChI=1S/C13H18ClNOS/c14-11-8-5-9-12(15)13(11)17(16)10-6-3-1-2-4-7-10/h5,8-10H,1-4,6-7,15H2. The molecular weight excluding hydrogens is 254 g/mol. The van der Waals surface area contributed by atoms with E-state index in [4.69, 9.17) is 17.3 Å². The lowest BCUT2D eigenvalue weighted by Gasteiger charge is -2.16. The fourth-order valence-corrected chi connectivity index (χ4v) is 4.43. The molecule has 1 fully saturated rings. The van der Waals surface area contributed by atoms with Crippen LogP contribution in [-0.4, -0.2) is 9.46 Å². The zero-order valence-electron chi connectivity index (χ0n) is 9.82. The normalized spacial score (nSPS) is 19.8. The second-order valence-electron chi connectivity index (χ2n) is 4.57. The first-order valence-corrected chi connectivity index (χ1v) is 7.74. The predicted molar refractivity (Wildman–Crippen MR) is 73.8 cm³/mol. The summed E-state index contributed by atoms with van der Waals surface area (Å²) in [6, 6.07) is 5.34. The summed E-state index contributed by atoms with van der Waals surface area (Å²) in [7, 11) is -1.06. The Balaban J connectivity index is 2.23. The van der Waals surface area contributed by atoms with E-state index in [0.717, 1.165) is 12.8 Å². The first-order valence-electron chi connectivity index (χ1n) is 6.14. The van der Waals surface area contributed by atoms with Crippen LogP contribution in [0.25, 0.3) is 0 Å². The van der Waals surface area contributed by atoms with Crippen molar-refractivity contribution in [2.45, 2.75) is 48.7 Å². The number of rotatable bonds is 2. The van der Waals surface area contributed by atoms with E-state index < -0.39 is 10.8 Å². The van der Waals surface area contributed by atoms with Crippen LogP contribution < -0.4 is 5.73 Å². The van der Waals surface area contributed by atoms with E-state index in [1.54, 1.807) is 18.2 Å². The van der Waals surface area contributed by atoms with Gasteiger partial charge in [-0.1, -0.05) is 43.4 Å². The van der Waals surface area contributed by atoms with E-state index in [1.165, 1.54) is 25.7 Å². The highest BCUT2D eigenvalue weighted by molar-refractivity contribution is 7.86. The predicted octanol–water partition coefficient (Wildman–Crippen LogP) is 3.75. The lowest BCUT2D eigenvalue weighted by Crippen LogP contribution is -2.15. The molecule has 2 nitrogen and oxygen atoms in total. The SMILES string of the molecule is Nc1cccc(Cl)c1S(=O)C1CCCCCC1. The Labute approximate surface area is 110 Å². The van der Waals surface area contributed by atoms with Crippen LogP contribution in [0.3, 0.4) is 0 Å².